The molecular weight excluding hydrogens is 464 g/mol. The SMILES string of the molecule is CS(=O)(=O)N=C(NCCSCc1ccco1)NCC(O)c1cccc(NS(C)(=O)=O)c1. The van der Waals surface area contributed by atoms with E-state index in [1.54, 1.807) is 36.2 Å². The Morgan fingerprint density at radius 1 is 1.16 bits per heavy atom. The van der Waals surface area contributed by atoms with Gasteiger partial charge in [-0.25, -0.2) is 16.8 Å². The number of benzene rings is 1. The lowest BCUT2D eigenvalue weighted by molar-refractivity contribution is 0.181. The minimum absolute atomic E-state index is 0.0190. The van der Waals surface area contributed by atoms with Crippen molar-refractivity contribution in [2.75, 3.05) is 36.1 Å². The fourth-order valence-corrected chi connectivity index (χ4v) is 4.21. The molecule has 0 aliphatic carbocycles. The van der Waals surface area contributed by atoms with Crippen molar-refractivity contribution in [2.24, 2.45) is 4.40 Å². The third kappa shape index (κ3) is 10.6. The minimum atomic E-state index is -3.66. The second-order valence-corrected chi connectivity index (χ2v) is 11.1. The molecule has 0 aliphatic rings. The monoisotopic (exact) mass is 490 g/mol. The molecule has 0 amide bonds. The van der Waals surface area contributed by atoms with Crippen LogP contribution in [0.5, 0.6) is 0 Å². The fourth-order valence-electron chi connectivity index (χ4n) is 2.44. The van der Waals surface area contributed by atoms with Crippen molar-refractivity contribution in [1.29, 1.82) is 0 Å². The van der Waals surface area contributed by atoms with Crippen LogP contribution < -0.4 is 15.4 Å². The number of thioether (sulfide) groups is 1. The van der Waals surface area contributed by atoms with Gasteiger partial charge in [-0.2, -0.15) is 11.8 Å². The van der Waals surface area contributed by atoms with Gasteiger partial charge in [-0.1, -0.05) is 12.1 Å². The van der Waals surface area contributed by atoms with Crippen molar-refractivity contribution in [1.82, 2.24) is 10.6 Å². The average molecular weight is 491 g/mol. The van der Waals surface area contributed by atoms with Gasteiger partial charge in [0.15, 0.2) is 0 Å². The fraction of sp³-hybridized carbons (Fsp3) is 0.389. The largest absolute Gasteiger partial charge is 0.468 e. The van der Waals surface area contributed by atoms with Gasteiger partial charge in [0.05, 0.1) is 30.6 Å². The van der Waals surface area contributed by atoms with E-state index in [1.165, 1.54) is 6.07 Å². The quantitative estimate of drug-likeness (QED) is 0.206. The molecule has 1 atom stereocenters. The van der Waals surface area contributed by atoms with E-state index < -0.39 is 26.2 Å². The van der Waals surface area contributed by atoms with Crippen LogP contribution in [0.25, 0.3) is 0 Å². The smallest absolute Gasteiger partial charge is 0.253 e. The highest BCUT2D eigenvalue weighted by atomic mass is 32.2. The Balaban J connectivity index is 1.90. The maximum Gasteiger partial charge on any atom is 0.253 e. The zero-order chi connectivity index (χ0) is 22.9. The first-order valence-corrected chi connectivity index (χ1v) is 14.0. The van der Waals surface area contributed by atoms with Crippen LogP contribution in [-0.4, -0.2) is 59.3 Å². The molecular formula is C18H26N4O6S3. The number of aliphatic hydroxyl groups excluding tert-OH is 1. The number of nitrogens with one attached hydrogen (secondary N) is 3. The van der Waals surface area contributed by atoms with Gasteiger partial charge < -0.3 is 20.2 Å². The summed E-state index contributed by atoms with van der Waals surface area (Å²) in [6.45, 7) is 0.403. The van der Waals surface area contributed by atoms with Crippen molar-refractivity contribution in [3.8, 4) is 0 Å². The Hall–Kier alpha value is -2.22. The zero-order valence-electron chi connectivity index (χ0n) is 17.1. The van der Waals surface area contributed by atoms with Gasteiger partial charge in [0.2, 0.25) is 16.0 Å². The zero-order valence-corrected chi connectivity index (χ0v) is 19.6. The lowest BCUT2D eigenvalue weighted by atomic mass is 10.1. The molecule has 0 aliphatic heterocycles. The van der Waals surface area contributed by atoms with E-state index in [-0.39, 0.29) is 12.5 Å². The summed E-state index contributed by atoms with van der Waals surface area (Å²) in [5, 5.41) is 16.1. The number of guanidine groups is 1. The molecule has 1 heterocycles. The van der Waals surface area contributed by atoms with E-state index in [4.69, 9.17) is 4.42 Å². The maximum atomic E-state index is 11.6. The summed E-state index contributed by atoms with van der Waals surface area (Å²) < 4.78 is 57.1. The van der Waals surface area contributed by atoms with Crippen LogP contribution in [0.3, 0.4) is 0 Å². The van der Waals surface area contributed by atoms with Crippen LogP contribution in [0.15, 0.2) is 51.5 Å². The van der Waals surface area contributed by atoms with E-state index in [0.29, 0.717) is 29.3 Å². The predicted molar refractivity (Wildman–Crippen MR) is 123 cm³/mol. The van der Waals surface area contributed by atoms with Crippen LogP contribution in [0.4, 0.5) is 5.69 Å². The second-order valence-electron chi connectivity index (χ2n) is 6.63. The first-order valence-electron chi connectivity index (χ1n) is 9.15. The normalized spacial score (nSPS) is 13.6. The van der Waals surface area contributed by atoms with Gasteiger partial charge >= 0.3 is 0 Å². The Kier molecular flexibility index (Phi) is 9.22. The van der Waals surface area contributed by atoms with Gasteiger partial charge in [0, 0.05) is 24.5 Å². The van der Waals surface area contributed by atoms with Gasteiger partial charge in [-0.15, -0.1) is 4.40 Å². The maximum absolute atomic E-state index is 11.6. The average Bonchev–Trinajstić information content (AvgIpc) is 3.16. The third-order valence-electron chi connectivity index (χ3n) is 3.66. The highest BCUT2D eigenvalue weighted by Gasteiger charge is 2.12. The first-order chi connectivity index (χ1) is 14.5. The van der Waals surface area contributed by atoms with Gasteiger partial charge in [-0.3, -0.25) is 4.72 Å². The number of aliphatic hydroxyl groups is 1. The molecule has 0 saturated carbocycles. The van der Waals surface area contributed by atoms with Crippen LogP contribution in [0.1, 0.15) is 17.4 Å². The highest BCUT2D eigenvalue weighted by Crippen LogP contribution is 2.18. The first kappa shape index (κ1) is 25.0. The van der Waals surface area contributed by atoms with Crippen molar-refractivity contribution in [3.63, 3.8) is 0 Å². The van der Waals surface area contributed by atoms with Crippen LogP contribution >= 0.6 is 11.8 Å². The lowest BCUT2D eigenvalue weighted by Crippen LogP contribution is -2.41. The molecule has 0 saturated heterocycles. The molecule has 10 nitrogen and oxygen atoms in total. The van der Waals surface area contributed by atoms with E-state index >= 15 is 0 Å². The van der Waals surface area contributed by atoms with Crippen LogP contribution in [-0.2, 0) is 25.8 Å². The summed E-state index contributed by atoms with van der Waals surface area (Å²) in [5.41, 5.74) is 0.768. The third-order valence-corrected chi connectivity index (χ3v) is 5.76. The topological polar surface area (TPSA) is 150 Å². The van der Waals surface area contributed by atoms with Gasteiger partial charge in [-0.05, 0) is 29.8 Å². The molecule has 0 radical (unpaired) electrons. The van der Waals surface area contributed by atoms with Crippen molar-refractivity contribution < 1.29 is 26.4 Å². The van der Waals surface area contributed by atoms with E-state index in [0.717, 1.165) is 18.3 Å². The van der Waals surface area contributed by atoms with E-state index in [2.05, 4.69) is 19.8 Å². The Bertz CT molecular complexity index is 1070. The van der Waals surface area contributed by atoms with E-state index in [9.17, 15) is 21.9 Å². The standard InChI is InChI=1S/C18H26N4O6S3/c1-30(24,25)21-15-6-3-5-14(11-15)17(23)12-20-18(22-31(2,26)27)19-8-10-29-13-16-7-4-9-28-16/h3-7,9,11,17,21,23H,8,10,12-13H2,1-2H3,(H2,19,20,22). The van der Waals surface area contributed by atoms with Crippen molar-refractivity contribution >= 4 is 43.5 Å². The molecule has 0 spiro atoms. The van der Waals surface area contributed by atoms with Crippen LogP contribution in [0.2, 0.25) is 0 Å². The number of nitrogens with zero attached hydrogens (tertiary/aromatic N) is 1. The molecule has 172 valence electrons. The molecule has 1 unspecified atom stereocenters. The van der Waals surface area contributed by atoms with E-state index in [1.807, 2.05) is 12.1 Å². The molecule has 2 aromatic rings. The van der Waals surface area contributed by atoms with Gasteiger partial charge in [0.1, 0.15) is 5.76 Å². The second kappa shape index (κ2) is 11.4. The summed E-state index contributed by atoms with van der Waals surface area (Å²) in [6, 6.07) is 9.98. The molecule has 2 rings (SSSR count). The molecule has 0 bridgehead atoms. The number of hydrogen-bond donors (Lipinski definition) is 4. The molecule has 1 aromatic carbocycles. The Morgan fingerprint density at radius 3 is 2.58 bits per heavy atom. The summed E-state index contributed by atoms with van der Waals surface area (Å²) in [6.07, 6.45) is 2.58. The number of rotatable bonds is 11. The minimum Gasteiger partial charge on any atom is -0.468 e. The highest BCUT2D eigenvalue weighted by molar-refractivity contribution is 7.98. The predicted octanol–water partition coefficient (Wildman–Crippen LogP) is 1.11. The molecule has 1 aromatic heterocycles. The summed E-state index contributed by atoms with van der Waals surface area (Å²) in [4.78, 5) is 0. The van der Waals surface area contributed by atoms with Gasteiger partial charge in [0.25, 0.3) is 10.0 Å². The van der Waals surface area contributed by atoms with Crippen LogP contribution in [0, 0.1) is 0 Å². The molecule has 4 N–H and O–H groups in total. The van der Waals surface area contributed by atoms with Crippen molar-refractivity contribution in [3.05, 3.63) is 54.0 Å². The number of anilines is 1. The molecule has 31 heavy (non-hydrogen) atoms. The Morgan fingerprint density at radius 2 is 1.94 bits per heavy atom. The number of hydrogen-bond acceptors (Lipinski definition) is 7. The molecule has 13 heteroatoms. The number of sulfonamides is 2. The summed E-state index contributed by atoms with van der Waals surface area (Å²) in [7, 11) is -7.10. The van der Waals surface area contributed by atoms with Crippen molar-refractivity contribution in [2.45, 2.75) is 11.9 Å². The summed E-state index contributed by atoms with van der Waals surface area (Å²) in [5.74, 6) is 2.24. The summed E-state index contributed by atoms with van der Waals surface area (Å²) >= 11 is 1.60. The number of furan rings is 1. The lowest BCUT2D eigenvalue weighted by Gasteiger charge is -2.16. The Labute approximate surface area is 186 Å². The molecule has 0 fully saturated rings.